The molecule has 170 valence electrons. The maximum Gasteiger partial charge on any atom is 0.291 e. The van der Waals surface area contributed by atoms with E-state index in [4.69, 9.17) is 18.6 Å². The fourth-order valence-corrected chi connectivity index (χ4v) is 4.67. The van der Waals surface area contributed by atoms with Crippen LogP contribution in [-0.4, -0.2) is 24.7 Å². The van der Waals surface area contributed by atoms with Crippen LogP contribution >= 0.6 is 0 Å². The summed E-state index contributed by atoms with van der Waals surface area (Å²) in [5.41, 5.74) is 3.17. The zero-order valence-corrected chi connectivity index (χ0v) is 18.7. The Balaban J connectivity index is 1.51. The summed E-state index contributed by atoms with van der Waals surface area (Å²) in [4.78, 5) is 29.0. The lowest BCUT2D eigenvalue weighted by Gasteiger charge is -2.25. The molecule has 2 aliphatic rings. The van der Waals surface area contributed by atoms with Gasteiger partial charge in [0, 0.05) is 6.54 Å². The SMILES string of the molecule is COc1ccc(C2c3c(oc4ccc(C)cc4c3=O)C(=O)N2Cc2ccc3c(c2)OCO3)cc1. The number of carbonyl (C=O) groups is 1. The van der Waals surface area contributed by atoms with Crippen molar-refractivity contribution >= 4 is 16.9 Å². The molecular formula is C27H21NO6. The minimum absolute atomic E-state index is 0.0860. The molecule has 6 rings (SSSR count). The lowest BCUT2D eigenvalue weighted by molar-refractivity contribution is 0.0714. The van der Waals surface area contributed by atoms with Crippen LogP contribution < -0.4 is 19.6 Å². The van der Waals surface area contributed by atoms with Gasteiger partial charge in [-0.2, -0.15) is 0 Å². The zero-order chi connectivity index (χ0) is 23.4. The van der Waals surface area contributed by atoms with Gasteiger partial charge < -0.3 is 23.5 Å². The van der Waals surface area contributed by atoms with Crippen LogP contribution in [0.5, 0.6) is 17.2 Å². The van der Waals surface area contributed by atoms with E-state index < -0.39 is 6.04 Å². The van der Waals surface area contributed by atoms with Crippen LogP contribution in [0.3, 0.4) is 0 Å². The van der Waals surface area contributed by atoms with Crippen molar-refractivity contribution in [1.82, 2.24) is 4.90 Å². The highest BCUT2D eigenvalue weighted by Crippen LogP contribution is 2.40. The monoisotopic (exact) mass is 455 g/mol. The van der Waals surface area contributed by atoms with Gasteiger partial charge in [0.1, 0.15) is 11.3 Å². The molecule has 7 heteroatoms. The normalized spacial score (nSPS) is 16.2. The van der Waals surface area contributed by atoms with E-state index in [1.54, 1.807) is 24.1 Å². The van der Waals surface area contributed by atoms with Gasteiger partial charge in [0.2, 0.25) is 12.6 Å². The molecule has 0 fully saturated rings. The Morgan fingerprint density at radius 2 is 1.76 bits per heavy atom. The molecule has 34 heavy (non-hydrogen) atoms. The predicted molar refractivity (Wildman–Crippen MR) is 124 cm³/mol. The molecule has 3 heterocycles. The van der Waals surface area contributed by atoms with E-state index in [9.17, 15) is 9.59 Å². The van der Waals surface area contributed by atoms with E-state index >= 15 is 0 Å². The highest BCUT2D eigenvalue weighted by Gasteiger charge is 2.42. The maximum absolute atomic E-state index is 13.7. The molecule has 0 N–H and O–H groups in total. The van der Waals surface area contributed by atoms with E-state index in [2.05, 4.69) is 0 Å². The molecule has 1 amide bonds. The number of nitrogens with zero attached hydrogens (tertiary/aromatic N) is 1. The Morgan fingerprint density at radius 3 is 2.56 bits per heavy atom. The minimum atomic E-state index is -0.597. The highest BCUT2D eigenvalue weighted by atomic mass is 16.7. The number of methoxy groups -OCH3 is 1. The van der Waals surface area contributed by atoms with Gasteiger partial charge in [-0.25, -0.2) is 0 Å². The summed E-state index contributed by atoms with van der Waals surface area (Å²) in [7, 11) is 1.60. The average molecular weight is 455 g/mol. The molecule has 1 atom stereocenters. The topological polar surface area (TPSA) is 78.2 Å². The summed E-state index contributed by atoms with van der Waals surface area (Å²) in [5.74, 6) is 1.76. The molecule has 4 aromatic rings. The summed E-state index contributed by atoms with van der Waals surface area (Å²) in [5, 5.41) is 0.468. The smallest absolute Gasteiger partial charge is 0.291 e. The van der Waals surface area contributed by atoms with Gasteiger partial charge >= 0.3 is 0 Å². The van der Waals surface area contributed by atoms with Crippen molar-refractivity contribution in [3.8, 4) is 17.2 Å². The first-order chi connectivity index (χ1) is 16.5. The van der Waals surface area contributed by atoms with Crippen LogP contribution in [-0.2, 0) is 6.54 Å². The quantitative estimate of drug-likeness (QED) is 0.448. The third-order valence-corrected chi connectivity index (χ3v) is 6.34. The van der Waals surface area contributed by atoms with Crippen molar-refractivity contribution < 1.29 is 23.4 Å². The van der Waals surface area contributed by atoms with Gasteiger partial charge in [-0.3, -0.25) is 9.59 Å². The number of benzene rings is 3. The molecule has 0 saturated heterocycles. The van der Waals surface area contributed by atoms with Crippen LogP contribution in [0.15, 0.2) is 69.9 Å². The van der Waals surface area contributed by atoms with Gasteiger partial charge in [-0.15, -0.1) is 0 Å². The second-order valence-corrected chi connectivity index (χ2v) is 8.47. The standard InChI is InChI=1S/C27H21NO6/c1-15-3-9-20-19(11-15)25(29)23-24(17-5-7-18(31-2)8-6-17)28(27(30)26(23)34-20)13-16-4-10-21-22(12-16)33-14-32-21/h3-12,24H,13-14H2,1-2H3. The Labute approximate surface area is 195 Å². The lowest BCUT2D eigenvalue weighted by Crippen LogP contribution is -2.29. The fourth-order valence-electron chi connectivity index (χ4n) is 4.67. The zero-order valence-electron chi connectivity index (χ0n) is 18.7. The van der Waals surface area contributed by atoms with Crippen LogP contribution in [0.4, 0.5) is 0 Å². The van der Waals surface area contributed by atoms with Gasteiger partial charge in [-0.1, -0.05) is 29.8 Å². The highest BCUT2D eigenvalue weighted by molar-refractivity contribution is 5.99. The third kappa shape index (κ3) is 3.12. The predicted octanol–water partition coefficient (Wildman–Crippen LogP) is 4.58. The number of carbonyl (C=O) groups excluding carboxylic acids is 1. The summed E-state index contributed by atoms with van der Waals surface area (Å²) in [6, 6.07) is 17.8. The molecule has 1 aromatic heterocycles. The molecule has 1 unspecified atom stereocenters. The molecule has 0 spiro atoms. The summed E-state index contributed by atoms with van der Waals surface area (Å²) in [6.45, 7) is 2.36. The first-order valence-electron chi connectivity index (χ1n) is 10.9. The number of aryl methyl sites for hydroxylation is 1. The molecule has 7 nitrogen and oxygen atoms in total. The maximum atomic E-state index is 13.7. The van der Waals surface area contributed by atoms with E-state index in [1.807, 2.05) is 55.5 Å². The summed E-state index contributed by atoms with van der Waals surface area (Å²) < 4.78 is 22.2. The largest absolute Gasteiger partial charge is 0.497 e. The number of ether oxygens (including phenoxy) is 3. The van der Waals surface area contributed by atoms with Crippen molar-refractivity contribution in [2.24, 2.45) is 0 Å². The molecule has 0 saturated carbocycles. The molecule has 2 aliphatic heterocycles. The number of hydrogen-bond donors (Lipinski definition) is 0. The Hall–Kier alpha value is -4.26. The van der Waals surface area contributed by atoms with Crippen LogP contribution in [0.25, 0.3) is 11.0 Å². The van der Waals surface area contributed by atoms with Crippen molar-refractivity contribution in [3.05, 3.63) is 98.9 Å². The van der Waals surface area contributed by atoms with E-state index in [-0.39, 0.29) is 30.4 Å². The van der Waals surface area contributed by atoms with E-state index in [1.165, 1.54) is 0 Å². The molecule has 0 bridgehead atoms. The van der Waals surface area contributed by atoms with E-state index in [0.29, 0.717) is 33.8 Å². The fraction of sp³-hybridized carbons (Fsp3) is 0.185. The van der Waals surface area contributed by atoms with Crippen molar-refractivity contribution in [3.63, 3.8) is 0 Å². The second kappa shape index (κ2) is 7.66. The van der Waals surface area contributed by atoms with Gasteiger partial charge in [0.15, 0.2) is 16.9 Å². The number of hydrogen-bond acceptors (Lipinski definition) is 6. The third-order valence-electron chi connectivity index (χ3n) is 6.34. The van der Waals surface area contributed by atoms with Gasteiger partial charge in [0.25, 0.3) is 5.91 Å². The van der Waals surface area contributed by atoms with Crippen LogP contribution in [0.2, 0.25) is 0 Å². The van der Waals surface area contributed by atoms with Crippen LogP contribution in [0, 0.1) is 6.92 Å². The molecular weight excluding hydrogens is 434 g/mol. The van der Waals surface area contributed by atoms with Crippen molar-refractivity contribution in [2.45, 2.75) is 19.5 Å². The minimum Gasteiger partial charge on any atom is -0.497 e. The lowest BCUT2D eigenvalue weighted by atomic mass is 9.98. The van der Waals surface area contributed by atoms with Crippen molar-refractivity contribution in [1.29, 1.82) is 0 Å². The average Bonchev–Trinajstić information content (AvgIpc) is 3.43. The molecule has 3 aromatic carbocycles. The van der Waals surface area contributed by atoms with Gasteiger partial charge in [-0.05, 0) is 54.4 Å². The number of rotatable bonds is 4. The first-order valence-corrected chi connectivity index (χ1v) is 10.9. The van der Waals surface area contributed by atoms with E-state index in [0.717, 1.165) is 16.7 Å². The second-order valence-electron chi connectivity index (χ2n) is 8.47. The van der Waals surface area contributed by atoms with Crippen molar-refractivity contribution in [2.75, 3.05) is 13.9 Å². The molecule has 0 aliphatic carbocycles. The Morgan fingerprint density at radius 1 is 0.971 bits per heavy atom. The Bertz CT molecular complexity index is 1500. The molecule has 0 radical (unpaired) electrons. The van der Waals surface area contributed by atoms with Crippen LogP contribution in [0.1, 0.15) is 38.9 Å². The number of amides is 1. The Kier molecular flexibility index (Phi) is 4.58. The first kappa shape index (κ1) is 20.4. The summed E-state index contributed by atoms with van der Waals surface area (Å²) >= 11 is 0. The number of fused-ring (bicyclic) bond motifs is 3. The van der Waals surface area contributed by atoms with Gasteiger partial charge in [0.05, 0.1) is 24.1 Å². The summed E-state index contributed by atoms with van der Waals surface area (Å²) in [6.07, 6.45) is 0.